The first-order chi connectivity index (χ1) is 12.1. The largest absolute Gasteiger partial charge is 0.298 e. The number of hydrogen-bond acceptors (Lipinski definition) is 4. The molecule has 1 N–H and O–H groups in total. The van der Waals surface area contributed by atoms with E-state index in [4.69, 9.17) is 23.2 Å². The summed E-state index contributed by atoms with van der Waals surface area (Å²) in [5.41, 5.74) is 2.14. The molecule has 1 amide bonds. The minimum Gasteiger partial charge on any atom is -0.298 e. The van der Waals surface area contributed by atoms with E-state index in [2.05, 4.69) is 22.2 Å². The zero-order chi connectivity index (χ0) is 17.8. The maximum absolute atomic E-state index is 12.3. The number of rotatable bonds is 5. The average Bonchev–Trinajstić information content (AvgIpc) is 2.98. The Morgan fingerprint density at radius 2 is 1.96 bits per heavy atom. The van der Waals surface area contributed by atoms with Crippen LogP contribution in [-0.4, -0.2) is 15.9 Å². The van der Waals surface area contributed by atoms with E-state index in [-0.39, 0.29) is 5.91 Å². The van der Waals surface area contributed by atoms with Crippen molar-refractivity contribution < 1.29 is 4.79 Å². The second-order valence-corrected chi connectivity index (χ2v) is 7.28. The molecule has 0 saturated carbocycles. The van der Waals surface area contributed by atoms with Gasteiger partial charge >= 0.3 is 0 Å². The molecule has 0 fully saturated rings. The van der Waals surface area contributed by atoms with Crippen molar-refractivity contribution in [3.63, 3.8) is 0 Å². The number of amides is 1. The van der Waals surface area contributed by atoms with Gasteiger partial charge in [0.2, 0.25) is 0 Å². The molecule has 7 heteroatoms. The normalized spacial score (nSPS) is 10.7. The maximum Gasteiger partial charge on any atom is 0.257 e. The number of carbonyl (C=O) groups is 1. The molecule has 4 nitrogen and oxygen atoms in total. The highest BCUT2D eigenvalue weighted by Gasteiger charge is 2.17. The van der Waals surface area contributed by atoms with Crippen LogP contribution in [0.3, 0.4) is 0 Å². The van der Waals surface area contributed by atoms with Crippen LogP contribution in [0, 0.1) is 0 Å². The van der Waals surface area contributed by atoms with Crippen molar-refractivity contribution in [2.75, 3.05) is 5.32 Å². The fourth-order valence-corrected chi connectivity index (χ4v) is 3.94. The maximum atomic E-state index is 12.3. The lowest BCUT2D eigenvalue weighted by Gasteiger charge is -2.04. The monoisotopic (exact) mass is 391 g/mol. The number of thiazole rings is 1. The molecule has 2 aromatic heterocycles. The Labute approximate surface area is 159 Å². The van der Waals surface area contributed by atoms with Crippen molar-refractivity contribution in [3.05, 3.63) is 63.2 Å². The van der Waals surface area contributed by atoms with Gasteiger partial charge in [0.1, 0.15) is 0 Å². The van der Waals surface area contributed by atoms with Gasteiger partial charge in [-0.15, -0.1) is 11.3 Å². The van der Waals surface area contributed by atoms with Crippen LogP contribution >= 0.6 is 34.5 Å². The van der Waals surface area contributed by atoms with E-state index in [1.807, 2.05) is 6.07 Å². The van der Waals surface area contributed by atoms with Crippen molar-refractivity contribution in [1.29, 1.82) is 0 Å². The summed E-state index contributed by atoms with van der Waals surface area (Å²) in [5, 5.41) is 4.52. The first-order valence-corrected chi connectivity index (χ1v) is 9.32. The number of pyridine rings is 1. The fourth-order valence-electron chi connectivity index (χ4n) is 2.37. The average molecular weight is 392 g/mol. The summed E-state index contributed by atoms with van der Waals surface area (Å²) < 4.78 is 0. The molecule has 128 valence electrons. The van der Waals surface area contributed by atoms with Crippen molar-refractivity contribution in [2.45, 2.75) is 19.8 Å². The lowest BCUT2D eigenvalue weighted by Crippen LogP contribution is -2.11. The van der Waals surface area contributed by atoms with Crippen molar-refractivity contribution in [3.8, 4) is 11.3 Å². The minimum atomic E-state index is -0.215. The van der Waals surface area contributed by atoms with Gasteiger partial charge in [0.05, 0.1) is 10.7 Å². The molecular formula is C18H15Cl2N3OS. The van der Waals surface area contributed by atoms with Crippen LogP contribution in [0.5, 0.6) is 0 Å². The van der Waals surface area contributed by atoms with Gasteiger partial charge in [0, 0.05) is 33.4 Å². The molecule has 2 heterocycles. The van der Waals surface area contributed by atoms with E-state index in [1.165, 1.54) is 11.3 Å². The molecule has 0 aliphatic rings. The quantitative estimate of drug-likeness (QED) is 0.605. The standard InChI is InChI=1S/C18H15Cl2N3OS/c1-2-3-15-16(13-5-4-12(19)10-14(13)20)22-18(25-15)23-17(24)11-6-8-21-9-7-11/h4-10H,2-3H2,1H3,(H,22,23,24). The third-order valence-corrected chi connectivity index (χ3v) is 5.10. The highest BCUT2D eigenvalue weighted by molar-refractivity contribution is 7.16. The first-order valence-electron chi connectivity index (χ1n) is 7.75. The van der Waals surface area contributed by atoms with Gasteiger partial charge < -0.3 is 0 Å². The summed E-state index contributed by atoms with van der Waals surface area (Å²) in [7, 11) is 0. The molecule has 0 saturated heterocycles. The van der Waals surface area contributed by atoms with E-state index in [1.54, 1.807) is 36.7 Å². The molecule has 0 aliphatic heterocycles. The van der Waals surface area contributed by atoms with Gasteiger partial charge in [-0.25, -0.2) is 4.98 Å². The molecule has 3 aromatic rings. The van der Waals surface area contributed by atoms with Crippen LogP contribution in [0.25, 0.3) is 11.3 Å². The predicted molar refractivity (Wildman–Crippen MR) is 104 cm³/mol. The zero-order valence-corrected chi connectivity index (χ0v) is 15.8. The Morgan fingerprint density at radius 1 is 1.20 bits per heavy atom. The van der Waals surface area contributed by atoms with E-state index < -0.39 is 0 Å². The van der Waals surface area contributed by atoms with E-state index in [0.29, 0.717) is 20.7 Å². The van der Waals surface area contributed by atoms with Crippen LogP contribution in [0.1, 0.15) is 28.6 Å². The van der Waals surface area contributed by atoms with E-state index >= 15 is 0 Å². The molecule has 0 bridgehead atoms. The molecule has 3 rings (SSSR count). The number of anilines is 1. The topological polar surface area (TPSA) is 54.9 Å². The van der Waals surface area contributed by atoms with Crippen LogP contribution in [0.4, 0.5) is 5.13 Å². The summed E-state index contributed by atoms with van der Waals surface area (Å²) in [4.78, 5) is 21.9. The summed E-state index contributed by atoms with van der Waals surface area (Å²) in [6, 6.07) is 8.66. The van der Waals surface area contributed by atoms with E-state index in [0.717, 1.165) is 29.0 Å². The number of carbonyl (C=O) groups excluding carboxylic acids is 1. The Kier molecular flexibility index (Phi) is 5.68. The zero-order valence-electron chi connectivity index (χ0n) is 13.4. The Hall–Kier alpha value is -1.95. The van der Waals surface area contributed by atoms with Crippen LogP contribution < -0.4 is 5.32 Å². The third-order valence-electron chi connectivity index (χ3n) is 3.52. The van der Waals surface area contributed by atoms with E-state index in [9.17, 15) is 4.79 Å². The van der Waals surface area contributed by atoms with Gasteiger partial charge in [0.15, 0.2) is 5.13 Å². The molecule has 0 aliphatic carbocycles. The van der Waals surface area contributed by atoms with Crippen molar-refractivity contribution in [1.82, 2.24) is 9.97 Å². The summed E-state index contributed by atoms with van der Waals surface area (Å²) in [5.74, 6) is -0.215. The summed E-state index contributed by atoms with van der Waals surface area (Å²) in [6.45, 7) is 2.10. The lowest BCUT2D eigenvalue weighted by atomic mass is 10.1. The number of aryl methyl sites for hydroxylation is 1. The molecule has 0 unspecified atom stereocenters. The van der Waals surface area contributed by atoms with Gasteiger partial charge in [-0.1, -0.05) is 36.5 Å². The number of hydrogen-bond donors (Lipinski definition) is 1. The lowest BCUT2D eigenvalue weighted by molar-refractivity contribution is 0.102. The SMILES string of the molecule is CCCc1sc(NC(=O)c2ccncc2)nc1-c1ccc(Cl)cc1Cl. The van der Waals surface area contributed by atoms with Gasteiger partial charge in [-0.3, -0.25) is 15.1 Å². The Morgan fingerprint density at radius 3 is 2.64 bits per heavy atom. The summed E-state index contributed by atoms with van der Waals surface area (Å²) in [6.07, 6.45) is 4.99. The summed E-state index contributed by atoms with van der Waals surface area (Å²) >= 11 is 13.8. The second kappa shape index (κ2) is 7.95. The fraction of sp³-hybridized carbons (Fsp3) is 0.167. The Bertz CT molecular complexity index is 897. The molecular weight excluding hydrogens is 377 g/mol. The smallest absolute Gasteiger partial charge is 0.257 e. The molecule has 0 radical (unpaired) electrons. The number of benzene rings is 1. The second-order valence-electron chi connectivity index (χ2n) is 5.35. The molecule has 0 spiro atoms. The number of halogens is 2. The van der Waals surface area contributed by atoms with Gasteiger partial charge in [-0.2, -0.15) is 0 Å². The van der Waals surface area contributed by atoms with Crippen molar-refractivity contribution >= 4 is 45.6 Å². The van der Waals surface area contributed by atoms with Gasteiger partial charge in [0.25, 0.3) is 5.91 Å². The third kappa shape index (κ3) is 4.18. The molecule has 0 atom stereocenters. The molecule has 25 heavy (non-hydrogen) atoms. The van der Waals surface area contributed by atoms with Crippen LogP contribution in [0.2, 0.25) is 10.0 Å². The van der Waals surface area contributed by atoms with Gasteiger partial charge in [-0.05, 0) is 36.8 Å². The molecule has 1 aromatic carbocycles. The highest BCUT2D eigenvalue weighted by Crippen LogP contribution is 2.37. The number of aromatic nitrogens is 2. The first kappa shape index (κ1) is 17.9. The van der Waals surface area contributed by atoms with Crippen LogP contribution in [0.15, 0.2) is 42.7 Å². The predicted octanol–water partition coefficient (Wildman–Crippen LogP) is 5.72. The van der Waals surface area contributed by atoms with Crippen molar-refractivity contribution in [2.24, 2.45) is 0 Å². The Balaban J connectivity index is 1.93. The highest BCUT2D eigenvalue weighted by atomic mass is 35.5. The van der Waals surface area contributed by atoms with Crippen LogP contribution in [-0.2, 0) is 6.42 Å². The minimum absolute atomic E-state index is 0.215. The number of nitrogens with zero attached hydrogens (tertiary/aromatic N) is 2. The number of nitrogens with one attached hydrogen (secondary N) is 1.